The SMILES string of the molecule is COc1ccc(-c2ccc(/C=C3/SC(=O)N(CC(=O)c4ccc([N+](=O)[O-])cc4)C3=O)o2)c([N+](=O)[O-])c1. The quantitative estimate of drug-likeness (QED) is 0.180. The predicted octanol–water partition coefficient (Wildman–Crippen LogP) is 4.69. The molecule has 1 aliphatic heterocycles. The number of thioether (sulfide) groups is 1. The number of Topliss-reactive ketones (excluding diaryl/α,β-unsaturated/α-hetero) is 1. The zero-order chi connectivity index (χ0) is 26.0. The number of nitrogens with zero attached hydrogens (tertiary/aromatic N) is 3. The van der Waals surface area contributed by atoms with Gasteiger partial charge in [0, 0.05) is 23.8 Å². The summed E-state index contributed by atoms with van der Waals surface area (Å²) in [6, 6.07) is 12.0. The van der Waals surface area contributed by atoms with Gasteiger partial charge in [0.15, 0.2) is 5.78 Å². The van der Waals surface area contributed by atoms with Gasteiger partial charge >= 0.3 is 0 Å². The van der Waals surface area contributed by atoms with Crippen molar-refractivity contribution in [3.63, 3.8) is 0 Å². The number of benzene rings is 2. The number of ketones is 1. The van der Waals surface area contributed by atoms with Crippen molar-refractivity contribution >= 4 is 46.1 Å². The molecule has 4 rings (SSSR count). The molecule has 2 aromatic carbocycles. The third-order valence-corrected chi connectivity index (χ3v) is 6.05. The lowest BCUT2D eigenvalue weighted by molar-refractivity contribution is -0.384. The highest BCUT2D eigenvalue weighted by molar-refractivity contribution is 8.18. The van der Waals surface area contributed by atoms with E-state index in [0.29, 0.717) is 17.5 Å². The van der Waals surface area contributed by atoms with Crippen LogP contribution in [0.4, 0.5) is 16.2 Å². The van der Waals surface area contributed by atoms with Crippen LogP contribution in [-0.2, 0) is 4.79 Å². The number of carbonyl (C=O) groups excluding carboxylic acids is 3. The lowest BCUT2D eigenvalue weighted by atomic mass is 10.1. The molecule has 2 amide bonds. The molecule has 0 aliphatic carbocycles. The van der Waals surface area contributed by atoms with Crippen LogP contribution in [0.1, 0.15) is 16.1 Å². The summed E-state index contributed by atoms with van der Waals surface area (Å²) in [6.45, 7) is -0.540. The minimum atomic E-state index is -0.714. The van der Waals surface area contributed by atoms with Gasteiger partial charge in [-0.3, -0.25) is 39.5 Å². The van der Waals surface area contributed by atoms with Gasteiger partial charge in [0.2, 0.25) is 0 Å². The molecule has 0 spiro atoms. The van der Waals surface area contributed by atoms with Gasteiger partial charge in [-0.2, -0.15) is 0 Å². The highest BCUT2D eigenvalue weighted by atomic mass is 32.2. The van der Waals surface area contributed by atoms with Crippen LogP contribution in [0, 0.1) is 20.2 Å². The van der Waals surface area contributed by atoms with E-state index in [2.05, 4.69) is 0 Å². The molecule has 0 radical (unpaired) electrons. The predicted molar refractivity (Wildman–Crippen MR) is 127 cm³/mol. The van der Waals surface area contributed by atoms with Crippen LogP contribution in [0.15, 0.2) is 63.9 Å². The standard InChI is InChI=1S/C23H15N3O9S/c1-34-15-6-8-17(18(10-15)26(32)33)20-9-7-16(35-20)11-21-22(28)24(23(29)36-21)12-19(27)13-2-4-14(5-3-13)25(30)31/h2-11H,12H2,1H3/b21-11+. The van der Waals surface area contributed by atoms with E-state index in [1.807, 2.05) is 0 Å². The molecule has 1 aromatic heterocycles. The van der Waals surface area contributed by atoms with E-state index < -0.39 is 33.3 Å². The Balaban J connectivity index is 1.52. The van der Waals surface area contributed by atoms with Crippen LogP contribution in [0.2, 0.25) is 0 Å². The first kappa shape index (κ1) is 24.3. The Kier molecular flexibility index (Phi) is 6.65. The number of nitro groups is 2. The van der Waals surface area contributed by atoms with Gasteiger partial charge in [-0.05, 0) is 48.2 Å². The first-order valence-electron chi connectivity index (χ1n) is 10.1. The van der Waals surface area contributed by atoms with Crippen molar-refractivity contribution in [1.82, 2.24) is 4.90 Å². The molecule has 1 aliphatic rings. The van der Waals surface area contributed by atoms with Gasteiger partial charge in [0.05, 0.1) is 40.0 Å². The first-order chi connectivity index (χ1) is 17.2. The van der Waals surface area contributed by atoms with Crippen molar-refractivity contribution in [3.8, 4) is 17.1 Å². The summed E-state index contributed by atoms with van der Waals surface area (Å²) >= 11 is 0.610. The highest BCUT2D eigenvalue weighted by Gasteiger charge is 2.36. The number of carbonyl (C=O) groups is 3. The van der Waals surface area contributed by atoms with Gasteiger partial charge in [0.1, 0.15) is 17.3 Å². The normalized spacial score (nSPS) is 14.4. The molecule has 12 nitrogen and oxygen atoms in total. The number of imide groups is 1. The average Bonchev–Trinajstić information content (AvgIpc) is 3.43. The van der Waals surface area contributed by atoms with Gasteiger partial charge in [-0.1, -0.05) is 0 Å². The minimum absolute atomic E-state index is 0.00151. The van der Waals surface area contributed by atoms with Crippen molar-refractivity contribution in [2.45, 2.75) is 0 Å². The number of amides is 2. The van der Waals surface area contributed by atoms with Crippen LogP contribution in [0.5, 0.6) is 5.75 Å². The maximum atomic E-state index is 12.8. The molecular weight excluding hydrogens is 494 g/mol. The van der Waals surface area contributed by atoms with Crippen molar-refractivity contribution in [1.29, 1.82) is 0 Å². The van der Waals surface area contributed by atoms with E-state index in [-0.39, 0.29) is 38.9 Å². The Labute approximate surface area is 206 Å². The zero-order valence-corrected chi connectivity index (χ0v) is 19.2. The molecule has 1 saturated heterocycles. The van der Waals surface area contributed by atoms with Gasteiger partial charge < -0.3 is 9.15 Å². The Hall–Kier alpha value is -4.78. The van der Waals surface area contributed by atoms with Crippen LogP contribution >= 0.6 is 11.8 Å². The van der Waals surface area contributed by atoms with Crippen LogP contribution in [0.3, 0.4) is 0 Å². The third kappa shape index (κ3) is 4.86. The Morgan fingerprint density at radius 2 is 1.78 bits per heavy atom. The lowest BCUT2D eigenvalue weighted by Crippen LogP contribution is -2.33. The molecule has 182 valence electrons. The molecule has 0 atom stereocenters. The fourth-order valence-electron chi connectivity index (χ4n) is 3.34. The second-order valence-corrected chi connectivity index (χ2v) is 8.33. The van der Waals surface area contributed by atoms with Crippen LogP contribution in [-0.4, -0.2) is 45.3 Å². The van der Waals surface area contributed by atoms with Crippen LogP contribution < -0.4 is 4.74 Å². The van der Waals surface area contributed by atoms with Gasteiger partial charge in [-0.25, -0.2) is 0 Å². The van der Waals surface area contributed by atoms with E-state index in [1.54, 1.807) is 0 Å². The van der Waals surface area contributed by atoms with Gasteiger partial charge in [0.25, 0.3) is 22.5 Å². The lowest BCUT2D eigenvalue weighted by Gasteiger charge is -2.11. The highest BCUT2D eigenvalue weighted by Crippen LogP contribution is 2.36. The number of non-ortho nitro benzene ring substituents is 1. The van der Waals surface area contributed by atoms with E-state index in [9.17, 15) is 34.6 Å². The average molecular weight is 509 g/mol. The summed E-state index contributed by atoms with van der Waals surface area (Å²) in [4.78, 5) is 59.4. The summed E-state index contributed by atoms with van der Waals surface area (Å²) in [6.07, 6.45) is 1.31. The molecular formula is C23H15N3O9S. The molecule has 0 bridgehead atoms. The Bertz CT molecular complexity index is 1440. The second kappa shape index (κ2) is 9.84. The van der Waals surface area contributed by atoms with Crippen molar-refractivity contribution in [3.05, 3.63) is 91.1 Å². The first-order valence-corrected chi connectivity index (χ1v) is 10.9. The number of rotatable bonds is 8. The maximum Gasteiger partial charge on any atom is 0.293 e. The molecule has 0 saturated carbocycles. The second-order valence-electron chi connectivity index (χ2n) is 7.34. The molecule has 0 unspecified atom stereocenters. The van der Waals surface area contributed by atoms with Gasteiger partial charge in [-0.15, -0.1) is 0 Å². The number of nitro benzene ring substituents is 2. The van der Waals surface area contributed by atoms with E-state index in [0.717, 1.165) is 17.0 Å². The van der Waals surface area contributed by atoms with Crippen molar-refractivity contribution in [2.24, 2.45) is 0 Å². The minimum Gasteiger partial charge on any atom is -0.497 e. The monoisotopic (exact) mass is 509 g/mol. The topological polar surface area (TPSA) is 163 Å². The summed E-state index contributed by atoms with van der Waals surface area (Å²) in [7, 11) is 1.39. The van der Waals surface area contributed by atoms with Crippen molar-refractivity contribution < 1.29 is 33.4 Å². The molecule has 1 fully saturated rings. The summed E-state index contributed by atoms with van der Waals surface area (Å²) in [5.41, 5.74) is -0.124. The molecule has 3 aromatic rings. The summed E-state index contributed by atoms with van der Waals surface area (Å²) in [5, 5.41) is 21.5. The number of ether oxygens (including phenoxy) is 1. The number of furan rings is 1. The van der Waals surface area contributed by atoms with E-state index in [4.69, 9.17) is 9.15 Å². The Morgan fingerprint density at radius 3 is 2.42 bits per heavy atom. The number of hydrogen-bond donors (Lipinski definition) is 0. The molecule has 36 heavy (non-hydrogen) atoms. The largest absolute Gasteiger partial charge is 0.497 e. The number of methoxy groups -OCH3 is 1. The Morgan fingerprint density at radius 1 is 1.06 bits per heavy atom. The molecule has 2 heterocycles. The van der Waals surface area contributed by atoms with E-state index in [1.165, 1.54) is 55.7 Å². The smallest absolute Gasteiger partial charge is 0.293 e. The summed E-state index contributed by atoms with van der Waals surface area (Å²) < 4.78 is 10.7. The fraction of sp³-hybridized carbons (Fsp3) is 0.0870. The summed E-state index contributed by atoms with van der Waals surface area (Å²) in [5.74, 6) is -0.645. The number of hydrogen-bond acceptors (Lipinski definition) is 10. The third-order valence-electron chi connectivity index (χ3n) is 5.14. The zero-order valence-electron chi connectivity index (χ0n) is 18.4. The van der Waals surface area contributed by atoms with Crippen LogP contribution in [0.25, 0.3) is 17.4 Å². The maximum absolute atomic E-state index is 12.8. The van der Waals surface area contributed by atoms with E-state index >= 15 is 0 Å². The fourth-order valence-corrected chi connectivity index (χ4v) is 4.16. The van der Waals surface area contributed by atoms with Crippen molar-refractivity contribution in [2.75, 3.05) is 13.7 Å². The molecule has 13 heteroatoms. The molecule has 0 N–H and O–H groups in total.